The SMILES string of the molecule is CN(CC(O)c1cccc(-c2ccnc(C(F)(F)F)c2)c1CO[Si](c1ccccc1)(c1ccccc1)C(C)(C)C)C(=O)OC(C)(C)C. The van der Waals surface area contributed by atoms with E-state index in [1.54, 1.807) is 39.0 Å². The van der Waals surface area contributed by atoms with Crippen LogP contribution in [0.15, 0.2) is 97.2 Å². The van der Waals surface area contributed by atoms with Gasteiger partial charge in [0.05, 0.1) is 19.3 Å². The van der Waals surface area contributed by atoms with Gasteiger partial charge in [-0.3, -0.25) is 4.98 Å². The van der Waals surface area contributed by atoms with Gasteiger partial charge in [-0.15, -0.1) is 0 Å². The van der Waals surface area contributed by atoms with Crippen molar-refractivity contribution in [3.8, 4) is 11.1 Å². The van der Waals surface area contributed by atoms with Crippen LogP contribution in [-0.4, -0.2) is 48.6 Å². The standard InChI is InChI=1S/C37H43F3N2O4Si/c1-35(2,3)46-34(44)42(7)24-32(43)30-20-14-19-29(26-21-22-41-33(23-26)37(38,39)40)31(30)25-45-47(36(4,5)6,27-15-10-8-11-16-27)28-17-12-9-13-18-28/h8-23,32,43H,24-25H2,1-7H3. The molecule has 1 atom stereocenters. The minimum absolute atomic E-state index is 0.0182. The molecule has 4 rings (SSSR count). The van der Waals surface area contributed by atoms with E-state index in [0.717, 1.165) is 22.6 Å². The molecule has 0 aliphatic heterocycles. The Morgan fingerprint density at radius 1 is 0.872 bits per heavy atom. The molecule has 1 amide bonds. The van der Waals surface area contributed by atoms with Gasteiger partial charge in [-0.05, 0) is 70.6 Å². The summed E-state index contributed by atoms with van der Waals surface area (Å²) in [6.07, 6.45) is -5.32. The van der Waals surface area contributed by atoms with E-state index in [-0.39, 0.29) is 23.8 Å². The van der Waals surface area contributed by atoms with E-state index >= 15 is 0 Å². The van der Waals surface area contributed by atoms with E-state index in [0.29, 0.717) is 16.7 Å². The van der Waals surface area contributed by atoms with E-state index < -0.39 is 38.0 Å². The van der Waals surface area contributed by atoms with Crippen LogP contribution in [0.2, 0.25) is 5.04 Å². The van der Waals surface area contributed by atoms with Crippen LogP contribution < -0.4 is 10.4 Å². The zero-order chi connectivity index (χ0) is 34.6. The summed E-state index contributed by atoms with van der Waals surface area (Å²) in [6.45, 7) is 11.5. The monoisotopic (exact) mass is 664 g/mol. The first-order chi connectivity index (χ1) is 21.9. The van der Waals surface area contributed by atoms with Crippen LogP contribution in [0, 0.1) is 0 Å². The highest BCUT2D eigenvalue weighted by Crippen LogP contribution is 2.40. The van der Waals surface area contributed by atoms with Crippen LogP contribution in [0.1, 0.15) is 64.5 Å². The van der Waals surface area contributed by atoms with Crippen LogP contribution in [0.4, 0.5) is 18.0 Å². The number of aliphatic hydroxyl groups excluding tert-OH is 1. The lowest BCUT2D eigenvalue weighted by atomic mass is 9.93. The fraction of sp³-hybridized carbons (Fsp3) is 0.351. The molecule has 0 aliphatic rings. The number of pyridine rings is 1. The number of halogens is 3. The number of ether oxygens (including phenoxy) is 1. The van der Waals surface area contributed by atoms with Crippen LogP contribution in [-0.2, 0) is 21.9 Å². The van der Waals surface area contributed by atoms with Crippen LogP contribution in [0.25, 0.3) is 11.1 Å². The molecule has 47 heavy (non-hydrogen) atoms. The molecule has 1 N–H and O–H groups in total. The van der Waals surface area contributed by atoms with Crippen LogP contribution in [0.3, 0.4) is 0 Å². The molecule has 1 heterocycles. The first-order valence-corrected chi connectivity index (χ1v) is 17.4. The predicted molar refractivity (Wildman–Crippen MR) is 181 cm³/mol. The molecule has 0 fully saturated rings. The molecule has 250 valence electrons. The zero-order valence-corrected chi connectivity index (χ0v) is 28.9. The molecule has 1 unspecified atom stereocenters. The Labute approximate surface area is 276 Å². The first kappa shape index (κ1) is 35.9. The van der Waals surface area contributed by atoms with Gasteiger partial charge in [0.2, 0.25) is 0 Å². The lowest BCUT2D eigenvalue weighted by molar-refractivity contribution is -0.141. The second-order valence-electron chi connectivity index (χ2n) is 13.6. The Balaban J connectivity index is 1.88. The van der Waals surface area contributed by atoms with Gasteiger partial charge < -0.3 is 19.2 Å². The van der Waals surface area contributed by atoms with Gasteiger partial charge in [-0.2, -0.15) is 13.2 Å². The van der Waals surface area contributed by atoms with Crippen molar-refractivity contribution in [2.45, 2.75) is 71.1 Å². The number of aliphatic hydroxyl groups is 1. The highest BCUT2D eigenvalue weighted by molar-refractivity contribution is 6.99. The Bertz CT molecular complexity index is 1610. The van der Waals surface area contributed by atoms with Gasteiger partial charge in [0.1, 0.15) is 11.3 Å². The summed E-state index contributed by atoms with van der Waals surface area (Å²) in [7, 11) is -1.56. The molecule has 1 aromatic heterocycles. The van der Waals surface area contributed by atoms with Crippen molar-refractivity contribution in [2.24, 2.45) is 0 Å². The second-order valence-corrected chi connectivity index (χ2v) is 17.9. The molecular formula is C37H43F3N2O4Si. The molecule has 4 aromatic rings. The van der Waals surface area contributed by atoms with E-state index in [1.165, 1.54) is 18.0 Å². The maximum absolute atomic E-state index is 13.8. The third kappa shape index (κ3) is 8.30. The quantitative estimate of drug-likeness (QED) is 0.185. The summed E-state index contributed by atoms with van der Waals surface area (Å²) >= 11 is 0. The number of benzene rings is 3. The summed E-state index contributed by atoms with van der Waals surface area (Å²) in [6, 6.07) is 27.6. The molecule has 0 aliphatic carbocycles. The van der Waals surface area contributed by atoms with Gasteiger partial charge in [-0.25, -0.2) is 4.79 Å². The lowest BCUT2D eigenvalue weighted by Crippen LogP contribution is -2.66. The van der Waals surface area contributed by atoms with Crippen molar-refractivity contribution in [2.75, 3.05) is 13.6 Å². The molecular weight excluding hydrogens is 621 g/mol. The largest absolute Gasteiger partial charge is 0.444 e. The summed E-state index contributed by atoms with van der Waals surface area (Å²) in [4.78, 5) is 17.6. The van der Waals surface area contributed by atoms with Crippen molar-refractivity contribution in [3.05, 3.63) is 114 Å². The number of nitrogens with zero attached hydrogens (tertiary/aromatic N) is 2. The summed E-state index contributed by atoms with van der Waals surface area (Å²) < 4.78 is 54.0. The smallest absolute Gasteiger partial charge is 0.433 e. The van der Waals surface area contributed by atoms with Crippen molar-refractivity contribution in [1.82, 2.24) is 9.88 Å². The molecule has 0 bridgehead atoms. The fourth-order valence-electron chi connectivity index (χ4n) is 5.82. The number of aromatic nitrogens is 1. The van der Waals surface area contributed by atoms with E-state index in [4.69, 9.17) is 9.16 Å². The molecule has 0 spiro atoms. The molecule has 0 radical (unpaired) electrons. The van der Waals surface area contributed by atoms with Gasteiger partial charge >= 0.3 is 12.3 Å². The third-order valence-electron chi connectivity index (χ3n) is 7.93. The third-order valence-corrected chi connectivity index (χ3v) is 12.9. The minimum atomic E-state index is -4.64. The number of carbonyl (C=O) groups excluding carboxylic acids is 1. The second kappa shape index (κ2) is 14.0. The average molecular weight is 665 g/mol. The minimum Gasteiger partial charge on any atom is -0.444 e. The maximum Gasteiger partial charge on any atom is 0.433 e. The van der Waals surface area contributed by atoms with Gasteiger partial charge in [0.15, 0.2) is 0 Å². The Kier molecular flexibility index (Phi) is 10.7. The van der Waals surface area contributed by atoms with Crippen molar-refractivity contribution in [3.63, 3.8) is 0 Å². The molecule has 10 heteroatoms. The number of hydrogen-bond donors (Lipinski definition) is 1. The summed E-state index contributed by atoms with van der Waals surface area (Å²) in [5.74, 6) is 0. The molecule has 6 nitrogen and oxygen atoms in total. The van der Waals surface area contributed by atoms with Gasteiger partial charge in [0.25, 0.3) is 8.32 Å². The lowest BCUT2D eigenvalue weighted by Gasteiger charge is -2.43. The van der Waals surface area contributed by atoms with E-state index in [9.17, 15) is 23.1 Å². The predicted octanol–water partition coefficient (Wildman–Crippen LogP) is 7.74. The molecule has 3 aromatic carbocycles. The average Bonchev–Trinajstić information content (AvgIpc) is 3.00. The maximum atomic E-state index is 13.8. The van der Waals surface area contributed by atoms with Gasteiger partial charge in [0, 0.05) is 13.2 Å². The van der Waals surface area contributed by atoms with Crippen molar-refractivity contribution in [1.29, 1.82) is 0 Å². The molecule has 0 saturated carbocycles. The van der Waals surface area contributed by atoms with Crippen LogP contribution >= 0.6 is 0 Å². The van der Waals surface area contributed by atoms with Gasteiger partial charge in [-0.1, -0.05) is 99.6 Å². The molecule has 0 saturated heterocycles. The summed E-state index contributed by atoms with van der Waals surface area (Å²) in [5, 5.41) is 13.3. The first-order valence-electron chi connectivity index (χ1n) is 15.5. The Morgan fingerprint density at radius 3 is 1.96 bits per heavy atom. The number of likely N-dealkylation sites (N-methyl/N-ethyl adjacent to an activating group) is 1. The Hall–Kier alpha value is -3.99. The van der Waals surface area contributed by atoms with Crippen LogP contribution in [0.5, 0.6) is 0 Å². The highest BCUT2D eigenvalue weighted by atomic mass is 28.4. The zero-order valence-electron chi connectivity index (χ0n) is 27.9. The number of amides is 1. The number of rotatable bonds is 9. The summed E-state index contributed by atoms with van der Waals surface area (Å²) in [5.41, 5.74) is -0.0616. The number of hydrogen-bond acceptors (Lipinski definition) is 5. The normalized spacial score (nSPS) is 13.3. The van der Waals surface area contributed by atoms with Crippen molar-refractivity contribution >= 4 is 24.8 Å². The topological polar surface area (TPSA) is 71.9 Å². The fourth-order valence-corrected chi connectivity index (χ4v) is 10.3. The van der Waals surface area contributed by atoms with Crippen molar-refractivity contribution < 1.29 is 32.2 Å². The Morgan fingerprint density at radius 2 is 1.45 bits per heavy atom. The van der Waals surface area contributed by atoms with E-state index in [2.05, 4.69) is 50.0 Å². The highest BCUT2D eigenvalue weighted by Gasteiger charge is 2.50. The van der Waals surface area contributed by atoms with E-state index in [1.807, 2.05) is 36.4 Å². The number of carbonyl (C=O) groups is 1. The number of alkyl halides is 3.